The Hall–Kier alpha value is -1.18. The highest BCUT2D eigenvalue weighted by Gasteiger charge is 2.13. The van der Waals surface area contributed by atoms with Crippen LogP contribution in [0, 0.1) is 5.82 Å². The number of hydrogen-bond donors (Lipinski definition) is 0. The first kappa shape index (κ1) is 15.2. The highest BCUT2D eigenvalue weighted by molar-refractivity contribution is 9.10. The minimum absolute atomic E-state index is 0.0666. The van der Waals surface area contributed by atoms with Gasteiger partial charge in [-0.15, -0.1) is 0 Å². The molecule has 0 radical (unpaired) electrons. The van der Waals surface area contributed by atoms with Crippen molar-refractivity contribution in [3.05, 3.63) is 52.5 Å². The first-order chi connectivity index (χ1) is 9.36. The molecule has 2 rings (SSSR count). The molecule has 0 unspecified atom stereocenters. The zero-order valence-corrected chi connectivity index (χ0v) is 13.0. The number of pyridine rings is 1. The van der Waals surface area contributed by atoms with E-state index in [2.05, 4.69) is 20.9 Å². The average Bonchev–Trinajstić information content (AvgIpc) is 2.38. The van der Waals surface area contributed by atoms with E-state index in [1.54, 1.807) is 18.3 Å². The van der Waals surface area contributed by atoms with Crippen LogP contribution in [0.4, 0.5) is 4.39 Å². The summed E-state index contributed by atoms with van der Waals surface area (Å²) in [5.74, 6) is -0.873. The van der Waals surface area contributed by atoms with Gasteiger partial charge in [0, 0.05) is 21.4 Å². The summed E-state index contributed by atoms with van der Waals surface area (Å²) in [4.78, 5) is 3.75. The summed E-state index contributed by atoms with van der Waals surface area (Å²) >= 11 is 3.25. The molecule has 0 N–H and O–H groups in total. The lowest BCUT2D eigenvalue weighted by molar-refractivity contribution is 0.285. The van der Waals surface area contributed by atoms with Crippen molar-refractivity contribution >= 4 is 35.7 Å². The molecule has 0 atom stereocenters. The zero-order chi connectivity index (χ0) is 14.8. The number of nitrogens with zero attached hydrogens (tertiary/aromatic N) is 1. The molecule has 1 heterocycles. The van der Waals surface area contributed by atoms with Crippen LogP contribution < -0.4 is 4.74 Å². The van der Waals surface area contributed by atoms with Gasteiger partial charge in [-0.25, -0.2) is 12.8 Å². The average molecular weight is 381 g/mol. The van der Waals surface area contributed by atoms with E-state index in [1.807, 2.05) is 0 Å². The van der Waals surface area contributed by atoms with Gasteiger partial charge in [-0.05, 0) is 46.3 Å². The van der Waals surface area contributed by atoms with E-state index in [1.165, 1.54) is 12.1 Å². The summed E-state index contributed by atoms with van der Waals surface area (Å²) in [5.41, 5.74) is 0.613. The third-order valence-corrected chi connectivity index (χ3v) is 4.17. The van der Waals surface area contributed by atoms with Crippen molar-refractivity contribution in [2.24, 2.45) is 0 Å². The normalized spacial score (nSPS) is 11.3. The Morgan fingerprint density at radius 2 is 2.05 bits per heavy atom. The summed E-state index contributed by atoms with van der Waals surface area (Å²) in [6.45, 7) is 0.0666. The first-order valence-corrected chi connectivity index (χ1v) is 8.44. The van der Waals surface area contributed by atoms with Crippen molar-refractivity contribution in [1.29, 1.82) is 0 Å². The minimum Gasteiger partial charge on any atom is -0.484 e. The fourth-order valence-electron chi connectivity index (χ4n) is 1.39. The highest BCUT2D eigenvalue weighted by Crippen LogP contribution is 2.23. The van der Waals surface area contributed by atoms with Gasteiger partial charge in [0.15, 0.2) is 11.6 Å². The Labute approximate surface area is 128 Å². The van der Waals surface area contributed by atoms with Gasteiger partial charge >= 0.3 is 0 Å². The van der Waals surface area contributed by atoms with E-state index in [9.17, 15) is 12.8 Å². The molecule has 0 aliphatic rings. The van der Waals surface area contributed by atoms with Crippen molar-refractivity contribution in [2.75, 3.05) is 0 Å². The van der Waals surface area contributed by atoms with E-state index in [0.29, 0.717) is 5.69 Å². The summed E-state index contributed by atoms with van der Waals surface area (Å²) < 4.78 is 41.8. The Morgan fingerprint density at radius 3 is 2.60 bits per heavy atom. The van der Waals surface area contributed by atoms with E-state index in [0.717, 1.165) is 10.5 Å². The fourth-order valence-corrected chi connectivity index (χ4v) is 2.39. The van der Waals surface area contributed by atoms with E-state index < -0.39 is 14.9 Å². The fraction of sp³-hybridized carbons (Fsp3) is 0.0833. The summed E-state index contributed by atoms with van der Waals surface area (Å²) in [6, 6.07) is 6.71. The van der Waals surface area contributed by atoms with Gasteiger partial charge < -0.3 is 4.74 Å². The lowest BCUT2D eigenvalue weighted by Crippen LogP contribution is -2.00. The summed E-state index contributed by atoms with van der Waals surface area (Å²) in [7, 11) is 1.17. The second-order valence-electron chi connectivity index (χ2n) is 3.79. The van der Waals surface area contributed by atoms with Gasteiger partial charge in [0.05, 0.1) is 10.6 Å². The van der Waals surface area contributed by atoms with E-state index in [-0.39, 0.29) is 17.3 Å². The van der Waals surface area contributed by atoms with Crippen molar-refractivity contribution in [2.45, 2.75) is 11.5 Å². The van der Waals surface area contributed by atoms with Crippen LogP contribution >= 0.6 is 26.6 Å². The van der Waals surface area contributed by atoms with E-state index >= 15 is 0 Å². The van der Waals surface area contributed by atoms with Gasteiger partial charge in [-0.3, -0.25) is 4.98 Å². The maximum atomic E-state index is 13.7. The van der Waals surface area contributed by atoms with Gasteiger partial charge in [0.25, 0.3) is 9.05 Å². The first-order valence-electron chi connectivity index (χ1n) is 5.34. The van der Waals surface area contributed by atoms with Crippen molar-refractivity contribution < 1.29 is 17.5 Å². The van der Waals surface area contributed by atoms with Crippen LogP contribution in [0.2, 0.25) is 0 Å². The molecule has 0 saturated carbocycles. The number of halogens is 3. The molecular weight excluding hydrogens is 373 g/mol. The molecule has 0 aliphatic carbocycles. The van der Waals surface area contributed by atoms with Gasteiger partial charge in [-0.1, -0.05) is 0 Å². The topological polar surface area (TPSA) is 56.3 Å². The highest BCUT2D eigenvalue weighted by atomic mass is 79.9. The molecule has 0 aliphatic heterocycles. The van der Waals surface area contributed by atoms with Crippen LogP contribution in [0.25, 0.3) is 0 Å². The molecule has 1 aromatic heterocycles. The molecule has 0 spiro atoms. The van der Waals surface area contributed by atoms with E-state index in [4.69, 9.17) is 15.4 Å². The standard InChI is InChI=1S/C12H8BrClFNO3S/c13-8-1-2-9(16-6-8)7-19-12-4-3-10(5-11(12)15)20(14,17)18/h1-6H,7H2. The summed E-state index contributed by atoms with van der Waals surface area (Å²) in [6.07, 6.45) is 1.60. The number of benzene rings is 1. The third-order valence-electron chi connectivity index (χ3n) is 2.35. The van der Waals surface area contributed by atoms with Crippen LogP contribution in [-0.2, 0) is 15.7 Å². The molecule has 20 heavy (non-hydrogen) atoms. The predicted octanol–water partition coefficient (Wildman–Crippen LogP) is 3.49. The molecular formula is C12H8BrClFNO3S. The molecule has 106 valence electrons. The van der Waals surface area contributed by atoms with Crippen LogP contribution in [-0.4, -0.2) is 13.4 Å². The van der Waals surface area contributed by atoms with Crippen LogP contribution in [0.3, 0.4) is 0 Å². The molecule has 0 saturated heterocycles. The second-order valence-corrected chi connectivity index (χ2v) is 7.27. The molecule has 4 nitrogen and oxygen atoms in total. The maximum absolute atomic E-state index is 13.7. The molecule has 0 bridgehead atoms. The number of ether oxygens (including phenoxy) is 1. The Bertz CT molecular complexity index is 722. The monoisotopic (exact) mass is 379 g/mol. The van der Waals surface area contributed by atoms with Gasteiger partial charge in [0.2, 0.25) is 0 Å². The molecule has 0 amide bonds. The lowest BCUT2D eigenvalue weighted by Gasteiger charge is -2.07. The Morgan fingerprint density at radius 1 is 1.30 bits per heavy atom. The van der Waals surface area contributed by atoms with Crippen molar-refractivity contribution in [1.82, 2.24) is 4.98 Å². The Kier molecular flexibility index (Phi) is 4.62. The minimum atomic E-state index is -3.95. The second kappa shape index (κ2) is 6.07. The smallest absolute Gasteiger partial charge is 0.261 e. The van der Waals surface area contributed by atoms with Crippen molar-refractivity contribution in [3.63, 3.8) is 0 Å². The van der Waals surface area contributed by atoms with Crippen LogP contribution in [0.15, 0.2) is 45.9 Å². The maximum Gasteiger partial charge on any atom is 0.261 e. The third kappa shape index (κ3) is 3.91. The molecule has 1 aromatic carbocycles. The lowest BCUT2D eigenvalue weighted by atomic mass is 10.3. The number of rotatable bonds is 4. The largest absolute Gasteiger partial charge is 0.484 e. The van der Waals surface area contributed by atoms with Crippen LogP contribution in [0.5, 0.6) is 5.75 Å². The molecule has 2 aromatic rings. The van der Waals surface area contributed by atoms with Gasteiger partial charge in [-0.2, -0.15) is 0 Å². The Balaban J connectivity index is 2.12. The molecule has 8 heteroatoms. The SMILES string of the molecule is O=S(=O)(Cl)c1ccc(OCc2ccc(Br)cn2)c(F)c1. The van der Waals surface area contributed by atoms with Crippen LogP contribution in [0.1, 0.15) is 5.69 Å². The quantitative estimate of drug-likeness (QED) is 0.762. The number of hydrogen-bond acceptors (Lipinski definition) is 4. The number of aromatic nitrogens is 1. The van der Waals surface area contributed by atoms with Gasteiger partial charge in [0.1, 0.15) is 6.61 Å². The predicted molar refractivity (Wildman–Crippen MR) is 75.7 cm³/mol. The summed E-state index contributed by atoms with van der Waals surface area (Å²) in [5, 5.41) is 0. The zero-order valence-electron chi connectivity index (χ0n) is 9.89. The van der Waals surface area contributed by atoms with Crippen molar-refractivity contribution in [3.8, 4) is 5.75 Å². The molecule has 0 fully saturated rings.